The summed E-state index contributed by atoms with van der Waals surface area (Å²) in [5.41, 5.74) is 0. The molecule has 19 heteroatoms. The Morgan fingerprint density at radius 2 is 0.460 bits per heavy atom. The van der Waals surface area contributed by atoms with Gasteiger partial charge in [-0.3, -0.25) is 37.3 Å². The van der Waals surface area contributed by atoms with Crippen molar-refractivity contribution in [1.82, 2.24) is 0 Å². The molecule has 0 aromatic carbocycles. The summed E-state index contributed by atoms with van der Waals surface area (Å²) in [6.45, 7) is 9.66. The highest BCUT2D eigenvalue weighted by molar-refractivity contribution is 7.47. The SMILES string of the molecule is CCCCCCCCCCCCCCCCCCCCCC(=O)O[C@H](COC(=O)CCCCCCCCCCCCCCCC(C)C)COP(=O)(O)OC[C@@H](O)COP(=O)(O)OC[C@@H](COC(=O)CCCCCCCCCCC)OC(=O)CCCCCCCCCCCCCCCC(C)C. The summed E-state index contributed by atoms with van der Waals surface area (Å²) in [5.74, 6) is -0.531. The van der Waals surface area contributed by atoms with Crippen molar-refractivity contribution in [3.05, 3.63) is 0 Å². The molecule has 0 aliphatic heterocycles. The Labute approximate surface area is 613 Å². The molecule has 3 N–H and O–H groups in total. The molecule has 0 saturated carbocycles. The Hall–Kier alpha value is -1.94. The van der Waals surface area contributed by atoms with Crippen LogP contribution >= 0.6 is 15.6 Å². The van der Waals surface area contributed by atoms with Gasteiger partial charge in [-0.15, -0.1) is 0 Å². The number of rotatable bonds is 80. The van der Waals surface area contributed by atoms with Crippen LogP contribution in [0.2, 0.25) is 0 Å². The molecule has 0 bridgehead atoms. The van der Waals surface area contributed by atoms with Crippen molar-refractivity contribution in [3.63, 3.8) is 0 Å². The molecule has 0 rings (SSSR count). The maximum absolute atomic E-state index is 13.1. The highest BCUT2D eigenvalue weighted by atomic mass is 31.2. The second-order valence-electron chi connectivity index (χ2n) is 30.1. The van der Waals surface area contributed by atoms with E-state index < -0.39 is 97.5 Å². The summed E-state index contributed by atoms with van der Waals surface area (Å²) in [7, 11) is -9.92. The van der Waals surface area contributed by atoms with E-state index in [4.69, 9.17) is 37.0 Å². The van der Waals surface area contributed by atoms with E-state index in [0.29, 0.717) is 25.7 Å². The molecule has 0 aromatic rings. The molecule has 17 nitrogen and oxygen atoms in total. The van der Waals surface area contributed by atoms with Crippen LogP contribution in [0.15, 0.2) is 0 Å². The molecule has 0 fully saturated rings. The topological polar surface area (TPSA) is 237 Å². The van der Waals surface area contributed by atoms with E-state index in [2.05, 4.69) is 41.5 Å². The van der Waals surface area contributed by atoms with Crippen LogP contribution in [0.1, 0.15) is 427 Å². The molecule has 594 valence electrons. The maximum atomic E-state index is 13.1. The number of hydrogen-bond acceptors (Lipinski definition) is 15. The highest BCUT2D eigenvalue weighted by Gasteiger charge is 2.30. The van der Waals surface area contributed by atoms with Crippen LogP contribution in [0.3, 0.4) is 0 Å². The average Bonchev–Trinajstić information content (AvgIpc) is 1.05. The molecule has 0 aliphatic rings. The first-order valence-corrected chi connectivity index (χ1v) is 45.0. The van der Waals surface area contributed by atoms with Crippen LogP contribution < -0.4 is 0 Å². The number of ether oxygens (including phenoxy) is 4. The largest absolute Gasteiger partial charge is 0.472 e. The number of aliphatic hydroxyl groups excluding tert-OH is 1. The minimum Gasteiger partial charge on any atom is -0.462 e. The lowest BCUT2D eigenvalue weighted by Gasteiger charge is -2.21. The van der Waals surface area contributed by atoms with Gasteiger partial charge in [0.1, 0.15) is 19.3 Å². The molecule has 0 heterocycles. The summed E-state index contributed by atoms with van der Waals surface area (Å²) in [5, 5.41) is 10.6. The standard InChI is InChI=1S/C81H158O17P2/c1-7-9-11-13-15-17-18-19-20-21-22-23-24-29-35-41-47-53-59-65-80(85)98-77(70-92-79(84)64-58-52-46-40-34-30-25-27-32-38-43-49-55-61-73(3)4)72-96-100(89,90)94-68-75(82)67-93-99(87,88)95-71-76(69-91-78(83)63-57-51-45-37-16-14-12-10-8-2)97-81(86)66-60-54-48-42-36-31-26-28-33-39-44-50-56-62-74(5)6/h73-77,82H,7-72H2,1-6H3,(H,87,88)(H,89,90)/t75-,76+,77+/m0/s1. The zero-order valence-corrected chi connectivity index (χ0v) is 67.3. The van der Waals surface area contributed by atoms with E-state index in [-0.39, 0.29) is 25.7 Å². The van der Waals surface area contributed by atoms with Crippen molar-refractivity contribution in [2.75, 3.05) is 39.6 Å². The molecule has 0 radical (unpaired) electrons. The van der Waals surface area contributed by atoms with Gasteiger partial charge in [0, 0.05) is 25.7 Å². The van der Waals surface area contributed by atoms with Gasteiger partial charge in [-0.05, 0) is 37.5 Å². The Morgan fingerprint density at radius 3 is 0.680 bits per heavy atom. The van der Waals surface area contributed by atoms with E-state index in [0.717, 1.165) is 102 Å². The van der Waals surface area contributed by atoms with Gasteiger partial charge in [-0.2, -0.15) is 0 Å². The van der Waals surface area contributed by atoms with Crippen molar-refractivity contribution in [2.24, 2.45) is 11.8 Å². The number of hydrogen-bond donors (Lipinski definition) is 3. The normalized spacial score (nSPS) is 13.9. The van der Waals surface area contributed by atoms with E-state index >= 15 is 0 Å². The van der Waals surface area contributed by atoms with Gasteiger partial charge >= 0.3 is 39.5 Å². The van der Waals surface area contributed by atoms with Gasteiger partial charge < -0.3 is 33.8 Å². The molecular weight excluding hydrogens is 1310 g/mol. The van der Waals surface area contributed by atoms with Crippen LogP contribution in [-0.2, 0) is 65.4 Å². The molecule has 100 heavy (non-hydrogen) atoms. The quantitative estimate of drug-likeness (QED) is 0.0222. The second-order valence-corrected chi connectivity index (χ2v) is 33.0. The Kier molecular flexibility index (Phi) is 71.2. The number of esters is 4. The molecule has 0 saturated heterocycles. The summed E-state index contributed by atoms with van der Waals surface area (Å²) in [6, 6.07) is 0. The Bertz CT molecular complexity index is 1920. The zero-order valence-electron chi connectivity index (χ0n) is 65.5. The van der Waals surface area contributed by atoms with Gasteiger partial charge in [0.2, 0.25) is 0 Å². The van der Waals surface area contributed by atoms with E-state index in [9.17, 15) is 43.2 Å². The maximum Gasteiger partial charge on any atom is 0.472 e. The first kappa shape index (κ1) is 98.1. The lowest BCUT2D eigenvalue weighted by molar-refractivity contribution is -0.161. The fraction of sp³-hybridized carbons (Fsp3) is 0.951. The fourth-order valence-electron chi connectivity index (χ4n) is 12.5. The third kappa shape index (κ3) is 74.3. The van der Waals surface area contributed by atoms with Gasteiger partial charge in [0.05, 0.1) is 26.4 Å². The second kappa shape index (κ2) is 72.6. The van der Waals surface area contributed by atoms with Crippen molar-refractivity contribution >= 4 is 39.5 Å². The molecular formula is C81H158O17P2. The van der Waals surface area contributed by atoms with Crippen molar-refractivity contribution < 1.29 is 80.2 Å². The number of carbonyl (C=O) groups excluding carboxylic acids is 4. The molecule has 0 aliphatic carbocycles. The Morgan fingerprint density at radius 1 is 0.270 bits per heavy atom. The van der Waals surface area contributed by atoms with Crippen LogP contribution in [0.4, 0.5) is 0 Å². The van der Waals surface area contributed by atoms with Crippen LogP contribution in [0.25, 0.3) is 0 Å². The lowest BCUT2D eigenvalue weighted by atomic mass is 10.0. The summed E-state index contributed by atoms with van der Waals surface area (Å²) < 4.78 is 68.7. The smallest absolute Gasteiger partial charge is 0.462 e. The predicted molar refractivity (Wildman–Crippen MR) is 409 cm³/mol. The zero-order chi connectivity index (χ0) is 73.5. The molecule has 5 atom stereocenters. The van der Waals surface area contributed by atoms with Gasteiger partial charge in [0.25, 0.3) is 0 Å². The van der Waals surface area contributed by atoms with Crippen LogP contribution in [0, 0.1) is 11.8 Å². The molecule has 0 spiro atoms. The molecule has 0 aromatic heterocycles. The van der Waals surface area contributed by atoms with Crippen molar-refractivity contribution in [3.8, 4) is 0 Å². The first-order chi connectivity index (χ1) is 48.4. The minimum absolute atomic E-state index is 0.107. The number of unbranched alkanes of at least 4 members (excludes halogenated alkanes) is 50. The Balaban J connectivity index is 5.22. The molecule has 0 amide bonds. The summed E-state index contributed by atoms with van der Waals surface area (Å²) in [6.07, 6.45) is 62.4. The van der Waals surface area contributed by atoms with Gasteiger partial charge in [-0.25, -0.2) is 9.13 Å². The number of carbonyl (C=O) groups is 4. The van der Waals surface area contributed by atoms with E-state index in [1.807, 2.05) is 0 Å². The third-order valence-corrected chi connectivity index (χ3v) is 20.9. The van der Waals surface area contributed by atoms with Crippen LogP contribution in [0.5, 0.6) is 0 Å². The third-order valence-electron chi connectivity index (χ3n) is 19.0. The summed E-state index contributed by atoms with van der Waals surface area (Å²) in [4.78, 5) is 73.0. The average molecular weight is 1470 g/mol. The number of phosphoric ester groups is 2. The first-order valence-electron chi connectivity index (χ1n) is 42.0. The highest BCUT2D eigenvalue weighted by Crippen LogP contribution is 2.45. The fourth-order valence-corrected chi connectivity index (χ4v) is 14.1. The van der Waals surface area contributed by atoms with Gasteiger partial charge in [0.15, 0.2) is 12.2 Å². The monoisotopic (exact) mass is 1470 g/mol. The van der Waals surface area contributed by atoms with E-state index in [1.54, 1.807) is 0 Å². The predicted octanol–water partition coefficient (Wildman–Crippen LogP) is 24.3. The summed E-state index contributed by atoms with van der Waals surface area (Å²) >= 11 is 0. The lowest BCUT2D eigenvalue weighted by Crippen LogP contribution is -2.30. The number of phosphoric acid groups is 2. The van der Waals surface area contributed by atoms with Crippen molar-refractivity contribution in [2.45, 2.75) is 445 Å². The number of aliphatic hydroxyl groups is 1. The minimum atomic E-state index is -4.96. The van der Waals surface area contributed by atoms with Crippen molar-refractivity contribution in [1.29, 1.82) is 0 Å². The molecule has 2 unspecified atom stereocenters. The van der Waals surface area contributed by atoms with Crippen LogP contribution in [-0.4, -0.2) is 96.7 Å². The van der Waals surface area contributed by atoms with E-state index in [1.165, 1.54) is 244 Å². The van der Waals surface area contributed by atoms with Gasteiger partial charge in [-0.1, -0.05) is 375 Å².